The van der Waals surface area contributed by atoms with Gasteiger partial charge in [0.25, 0.3) is 0 Å². The summed E-state index contributed by atoms with van der Waals surface area (Å²) in [6.07, 6.45) is -0.490. The van der Waals surface area contributed by atoms with Crippen molar-refractivity contribution in [3.05, 3.63) is 46.8 Å². The second-order valence-corrected chi connectivity index (χ2v) is 10.4. The van der Waals surface area contributed by atoms with Gasteiger partial charge in [-0.25, -0.2) is 18.0 Å². The molecule has 0 fully saturated rings. The lowest BCUT2D eigenvalue weighted by Gasteiger charge is -2.24. The lowest BCUT2D eigenvalue weighted by molar-refractivity contribution is 0.0286. The van der Waals surface area contributed by atoms with Gasteiger partial charge in [-0.05, 0) is 51.1 Å². The molecule has 1 amide bonds. The molecule has 28 heavy (non-hydrogen) atoms. The Bertz CT molecular complexity index is 972. The maximum atomic E-state index is 12.9. The first-order valence-corrected chi connectivity index (χ1v) is 10.7. The van der Waals surface area contributed by atoms with Gasteiger partial charge in [0.2, 0.25) is 9.84 Å². The second kappa shape index (κ2) is 8.32. The van der Waals surface area contributed by atoms with Crippen LogP contribution in [0.4, 0.5) is 4.79 Å². The van der Waals surface area contributed by atoms with Crippen molar-refractivity contribution in [2.45, 2.75) is 42.0 Å². The number of thiophene rings is 1. The third kappa shape index (κ3) is 5.32. The highest BCUT2D eigenvalue weighted by molar-refractivity contribution is 7.93. The lowest BCUT2D eigenvalue weighted by atomic mass is 10.2. The number of esters is 1. The molecule has 0 aliphatic rings. The van der Waals surface area contributed by atoms with Crippen LogP contribution in [0.25, 0.3) is 0 Å². The first-order chi connectivity index (χ1) is 12.9. The van der Waals surface area contributed by atoms with Crippen LogP contribution >= 0.6 is 11.3 Å². The Hall–Kier alpha value is -2.39. The Kier molecular flexibility index (Phi) is 6.51. The lowest BCUT2D eigenvalue weighted by Crippen LogP contribution is -2.33. The van der Waals surface area contributed by atoms with E-state index < -0.39 is 27.5 Å². The normalized spacial score (nSPS) is 11.8. The highest BCUT2D eigenvalue weighted by Gasteiger charge is 2.23. The SMILES string of the molecule is COC(=O)c1cccc(S(=O)(=O)c2ccc(CN(C)C(=O)OC(C)(C)C)s2)c1. The van der Waals surface area contributed by atoms with Crippen molar-refractivity contribution >= 4 is 33.2 Å². The predicted octanol–water partition coefficient (Wildman–Crippen LogP) is 3.73. The number of sulfone groups is 1. The Morgan fingerprint density at radius 1 is 1.14 bits per heavy atom. The molecule has 152 valence electrons. The maximum absolute atomic E-state index is 12.9. The van der Waals surface area contributed by atoms with Crippen molar-refractivity contribution in [3.8, 4) is 0 Å². The molecule has 0 N–H and O–H groups in total. The molecular weight excluding hydrogens is 402 g/mol. The molecule has 1 aromatic carbocycles. The minimum absolute atomic E-state index is 0.00398. The minimum Gasteiger partial charge on any atom is -0.465 e. The summed E-state index contributed by atoms with van der Waals surface area (Å²) >= 11 is 1.06. The van der Waals surface area contributed by atoms with Gasteiger partial charge < -0.3 is 14.4 Å². The van der Waals surface area contributed by atoms with E-state index in [1.165, 1.54) is 42.3 Å². The minimum atomic E-state index is -3.79. The van der Waals surface area contributed by atoms with Crippen LogP contribution in [0.2, 0.25) is 0 Å². The van der Waals surface area contributed by atoms with Crippen molar-refractivity contribution in [1.29, 1.82) is 0 Å². The number of hydrogen-bond donors (Lipinski definition) is 0. The Labute approximate surface area is 168 Å². The standard InChI is InChI=1S/C19H23NO6S2/c1-19(2,3)26-18(22)20(4)12-14-9-10-16(27-14)28(23,24)15-8-6-7-13(11-15)17(21)25-5/h6-11H,12H2,1-5H3. The molecule has 9 heteroatoms. The van der Waals surface area contributed by atoms with Crippen LogP contribution in [0, 0.1) is 0 Å². The average molecular weight is 426 g/mol. The van der Waals surface area contributed by atoms with Crippen molar-refractivity contribution in [2.75, 3.05) is 14.2 Å². The average Bonchev–Trinajstić information content (AvgIpc) is 3.09. The van der Waals surface area contributed by atoms with Crippen LogP contribution in [0.3, 0.4) is 0 Å². The molecule has 0 atom stereocenters. The monoisotopic (exact) mass is 425 g/mol. The third-order valence-corrected chi connectivity index (χ3v) is 6.88. The van der Waals surface area contributed by atoms with E-state index in [1.807, 2.05) is 0 Å². The molecule has 0 aliphatic carbocycles. The van der Waals surface area contributed by atoms with Crippen molar-refractivity contribution in [3.63, 3.8) is 0 Å². The summed E-state index contributed by atoms with van der Waals surface area (Å²) in [4.78, 5) is 25.8. The van der Waals surface area contributed by atoms with Gasteiger partial charge >= 0.3 is 12.1 Å². The molecule has 0 aliphatic heterocycles. The number of rotatable bonds is 5. The highest BCUT2D eigenvalue weighted by Crippen LogP contribution is 2.29. The molecule has 2 rings (SSSR count). The summed E-state index contributed by atoms with van der Waals surface area (Å²) in [5.74, 6) is -0.608. The summed E-state index contributed by atoms with van der Waals surface area (Å²) in [7, 11) is -0.974. The van der Waals surface area contributed by atoms with Crippen LogP contribution in [0.1, 0.15) is 36.0 Å². The zero-order valence-electron chi connectivity index (χ0n) is 16.4. The zero-order chi connectivity index (χ0) is 21.1. The molecule has 0 radical (unpaired) electrons. The van der Waals surface area contributed by atoms with Gasteiger partial charge in [0.05, 0.1) is 24.1 Å². The summed E-state index contributed by atoms with van der Waals surface area (Å²) in [6, 6.07) is 8.83. The number of benzene rings is 1. The van der Waals surface area contributed by atoms with Crippen molar-refractivity contribution in [2.24, 2.45) is 0 Å². The maximum Gasteiger partial charge on any atom is 0.410 e. The Balaban J connectivity index is 2.21. The largest absolute Gasteiger partial charge is 0.465 e. The number of methoxy groups -OCH3 is 1. The zero-order valence-corrected chi connectivity index (χ0v) is 18.0. The van der Waals surface area contributed by atoms with Gasteiger partial charge in [0, 0.05) is 11.9 Å². The topological polar surface area (TPSA) is 90.0 Å². The molecule has 2 aromatic rings. The molecule has 1 heterocycles. The van der Waals surface area contributed by atoms with E-state index in [9.17, 15) is 18.0 Å². The van der Waals surface area contributed by atoms with Gasteiger partial charge in [-0.1, -0.05) is 6.07 Å². The number of carbonyl (C=O) groups excluding carboxylic acids is 2. The molecule has 0 spiro atoms. The van der Waals surface area contributed by atoms with Crippen molar-refractivity contribution < 1.29 is 27.5 Å². The quantitative estimate of drug-likeness (QED) is 0.678. The van der Waals surface area contributed by atoms with E-state index >= 15 is 0 Å². The smallest absolute Gasteiger partial charge is 0.410 e. The fourth-order valence-corrected chi connectivity index (χ4v) is 5.11. The highest BCUT2D eigenvalue weighted by atomic mass is 32.2. The Morgan fingerprint density at radius 3 is 2.43 bits per heavy atom. The fourth-order valence-electron chi connectivity index (χ4n) is 2.25. The third-order valence-electron chi connectivity index (χ3n) is 3.57. The molecule has 0 unspecified atom stereocenters. The molecular formula is C19H23NO6S2. The van der Waals surface area contributed by atoms with Crippen LogP contribution in [0.5, 0.6) is 0 Å². The van der Waals surface area contributed by atoms with Gasteiger partial charge in [0.15, 0.2) is 0 Å². The van der Waals surface area contributed by atoms with Gasteiger partial charge in [-0.15, -0.1) is 11.3 Å². The second-order valence-electron chi connectivity index (χ2n) is 7.08. The number of carbonyl (C=O) groups is 2. The number of nitrogens with zero attached hydrogens (tertiary/aromatic N) is 1. The summed E-state index contributed by atoms with van der Waals surface area (Å²) in [5, 5.41) is 0. The van der Waals surface area contributed by atoms with E-state index in [0.717, 1.165) is 11.3 Å². The van der Waals surface area contributed by atoms with Gasteiger partial charge in [-0.3, -0.25) is 0 Å². The van der Waals surface area contributed by atoms with E-state index in [0.29, 0.717) is 4.88 Å². The summed E-state index contributed by atoms with van der Waals surface area (Å²) < 4.78 is 35.8. The van der Waals surface area contributed by atoms with Crippen molar-refractivity contribution in [1.82, 2.24) is 4.90 Å². The predicted molar refractivity (Wildman–Crippen MR) is 105 cm³/mol. The van der Waals surface area contributed by atoms with E-state index in [-0.39, 0.29) is 21.2 Å². The van der Waals surface area contributed by atoms with E-state index in [1.54, 1.807) is 33.9 Å². The molecule has 7 nitrogen and oxygen atoms in total. The van der Waals surface area contributed by atoms with Gasteiger partial charge in [0.1, 0.15) is 9.81 Å². The van der Waals surface area contributed by atoms with Crippen LogP contribution < -0.4 is 0 Å². The van der Waals surface area contributed by atoms with Gasteiger partial charge in [-0.2, -0.15) is 0 Å². The van der Waals surface area contributed by atoms with E-state index in [4.69, 9.17) is 4.74 Å². The number of hydrogen-bond acceptors (Lipinski definition) is 7. The molecule has 1 aromatic heterocycles. The summed E-state index contributed by atoms with van der Waals surface area (Å²) in [6.45, 7) is 5.54. The van der Waals surface area contributed by atoms with Crippen LogP contribution in [0.15, 0.2) is 45.5 Å². The first kappa shape index (κ1) is 21.9. The van der Waals surface area contributed by atoms with Crippen LogP contribution in [-0.4, -0.2) is 45.1 Å². The first-order valence-electron chi connectivity index (χ1n) is 8.40. The summed E-state index contributed by atoms with van der Waals surface area (Å²) in [5.41, 5.74) is -0.454. The fraction of sp³-hybridized carbons (Fsp3) is 0.368. The molecule has 0 bridgehead atoms. The van der Waals surface area contributed by atoms with Crippen LogP contribution in [-0.2, 0) is 25.9 Å². The number of amides is 1. The Morgan fingerprint density at radius 2 is 1.82 bits per heavy atom. The molecule has 0 saturated heterocycles. The van der Waals surface area contributed by atoms with E-state index in [2.05, 4.69) is 4.74 Å². The number of ether oxygens (including phenoxy) is 2. The molecule has 0 saturated carbocycles.